The molecule has 0 fully saturated rings. The monoisotopic (exact) mass is 249 g/mol. The molecular weight excluding hydrogens is 238 g/mol. The van der Waals surface area contributed by atoms with E-state index in [-0.39, 0.29) is 6.42 Å². The third kappa shape index (κ3) is 7.18. The number of nitrogens with zero attached hydrogens (tertiary/aromatic N) is 1. The molecule has 0 saturated carbocycles. The molecule has 0 saturated heterocycles. The second-order valence-corrected chi connectivity index (χ2v) is 6.89. The summed E-state index contributed by atoms with van der Waals surface area (Å²) in [7, 11) is 0. The molecule has 0 bridgehead atoms. The van der Waals surface area contributed by atoms with E-state index >= 15 is 0 Å². The number of carboxylic acid groups (broad SMARTS) is 1. The normalized spacial score (nSPS) is 10.6. The molecule has 14 heavy (non-hydrogen) atoms. The van der Waals surface area contributed by atoms with Gasteiger partial charge in [0.1, 0.15) is 8.28 Å². The highest BCUT2D eigenvalue weighted by atomic mass is 32.2. The number of carboxylic acids is 1. The molecule has 0 radical (unpaired) electrons. The standard InChI is InChI=1S/C8H11NO2S3/c1-8(2,5-9)14-7(12)13-4-3-6(10)11/h3-4H2,1-2H3,(H,10,11). The van der Waals surface area contributed by atoms with Gasteiger partial charge >= 0.3 is 5.97 Å². The zero-order valence-electron chi connectivity index (χ0n) is 7.94. The van der Waals surface area contributed by atoms with Gasteiger partial charge in [-0.25, -0.2) is 0 Å². The van der Waals surface area contributed by atoms with Crippen LogP contribution in [0.25, 0.3) is 0 Å². The van der Waals surface area contributed by atoms with Crippen molar-refractivity contribution >= 4 is 45.2 Å². The van der Waals surface area contributed by atoms with Crippen LogP contribution in [0.1, 0.15) is 20.3 Å². The van der Waals surface area contributed by atoms with Crippen LogP contribution < -0.4 is 0 Å². The lowest BCUT2D eigenvalue weighted by Gasteiger charge is -2.13. The molecule has 1 N–H and O–H groups in total. The Hall–Kier alpha value is -0.250. The largest absolute Gasteiger partial charge is 0.481 e. The Kier molecular flexibility index (Phi) is 6.16. The molecule has 0 heterocycles. The van der Waals surface area contributed by atoms with Crippen LogP contribution in [-0.4, -0.2) is 25.1 Å². The average Bonchev–Trinajstić information content (AvgIpc) is 2.02. The zero-order valence-corrected chi connectivity index (χ0v) is 10.4. The highest BCUT2D eigenvalue weighted by molar-refractivity contribution is 8.47. The van der Waals surface area contributed by atoms with Crippen molar-refractivity contribution in [3.8, 4) is 6.07 Å². The SMILES string of the molecule is CC(C)(C#N)SC(=S)SCCC(=O)O. The molecule has 0 rings (SSSR count). The highest BCUT2D eigenvalue weighted by Crippen LogP contribution is 2.30. The van der Waals surface area contributed by atoms with E-state index in [4.69, 9.17) is 22.6 Å². The van der Waals surface area contributed by atoms with Crippen molar-refractivity contribution in [2.24, 2.45) is 0 Å². The lowest BCUT2D eigenvalue weighted by Crippen LogP contribution is -2.12. The minimum absolute atomic E-state index is 0.0956. The van der Waals surface area contributed by atoms with E-state index in [1.54, 1.807) is 13.8 Å². The van der Waals surface area contributed by atoms with Gasteiger partial charge in [-0.15, -0.1) is 11.8 Å². The molecule has 0 unspecified atom stereocenters. The summed E-state index contributed by atoms with van der Waals surface area (Å²) in [5.41, 5.74) is 0. The summed E-state index contributed by atoms with van der Waals surface area (Å²) in [6.07, 6.45) is 0.0956. The van der Waals surface area contributed by atoms with Gasteiger partial charge in [-0.3, -0.25) is 4.79 Å². The first-order valence-corrected chi connectivity index (χ1v) is 6.07. The van der Waals surface area contributed by atoms with Crippen molar-refractivity contribution in [1.29, 1.82) is 5.26 Å². The lowest BCUT2D eigenvalue weighted by molar-refractivity contribution is -0.136. The summed E-state index contributed by atoms with van der Waals surface area (Å²) >= 11 is 7.61. The number of aliphatic carboxylic acids is 1. The third-order valence-electron chi connectivity index (χ3n) is 1.14. The highest BCUT2D eigenvalue weighted by Gasteiger charge is 2.20. The predicted octanol–water partition coefficient (Wildman–Crippen LogP) is 2.51. The van der Waals surface area contributed by atoms with E-state index < -0.39 is 10.7 Å². The molecular formula is C8H11NO2S3. The van der Waals surface area contributed by atoms with Crippen LogP contribution in [0, 0.1) is 11.3 Å². The van der Waals surface area contributed by atoms with Gasteiger partial charge in [-0.05, 0) is 13.8 Å². The fourth-order valence-corrected chi connectivity index (χ4v) is 3.37. The van der Waals surface area contributed by atoms with E-state index in [0.717, 1.165) is 0 Å². The molecule has 6 heteroatoms. The first-order chi connectivity index (χ1) is 6.37. The number of nitriles is 1. The number of hydrogen-bond donors (Lipinski definition) is 1. The van der Waals surface area contributed by atoms with Crippen molar-refractivity contribution in [2.45, 2.75) is 25.0 Å². The van der Waals surface area contributed by atoms with Crippen LogP contribution in [-0.2, 0) is 4.79 Å². The molecule has 0 aromatic carbocycles. The Labute approximate surface area is 97.2 Å². The molecule has 0 atom stereocenters. The fraction of sp³-hybridized carbons (Fsp3) is 0.625. The maximum absolute atomic E-state index is 10.2. The summed E-state index contributed by atoms with van der Waals surface area (Å²) in [6.45, 7) is 3.56. The summed E-state index contributed by atoms with van der Waals surface area (Å²) in [6, 6.07) is 2.12. The van der Waals surface area contributed by atoms with E-state index in [2.05, 4.69) is 6.07 Å². The molecule has 0 amide bonds. The van der Waals surface area contributed by atoms with E-state index in [1.807, 2.05) is 0 Å². The van der Waals surface area contributed by atoms with Crippen LogP contribution >= 0.6 is 35.7 Å². The van der Waals surface area contributed by atoms with Crippen molar-refractivity contribution in [3.63, 3.8) is 0 Å². The van der Waals surface area contributed by atoms with Crippen molar-refractivity contribution in [3.05, 3.63) is 0 Å². The van der Waals surface area contributed by atoms with Gasteiger partial charge in [-0.1, -0.05) is 24.0 Å². The van der Waals surface area contributed by atoms with Crippen LogP contribution in [0.2, 0.25) is 0 Å². The first kappa shape index (κ1) is 13.8. The summed E-state index contributed by atoms with van der Waals surface area (Å²) < 4.78 is 0.0885. The van der Waals surface area contributed by atoms with Gasteiger partial charge in [0.2, 0.25) is 0 Å². The van der Waals surface area contributed by atoms with Gasteiger partial charge in [0, 0.05) is 5.75 Å². The van der Waals surface area contributed by atoms with Gasteiger partial charge in [0.15, 0.2) is 0 Å². The maximum Gasteiger partial charge on any atom is 0.304 e. The first-order valence-electron chi connectivity index (χ1n) is 3.86. The van der Waals surface area contributed by atoms with Gasteiger partial charge in [0.05, 0.1) is 12.5 Å². The maximum atomic E-state index is 10.2. The number of thioether (sulfide) groups is 2. The molecule has 0 aliphatic rings. The average molecular weight is 249 g/mol. The Morgan fingerprint density at radius 2 is 2.21 bits per heavy atom. The van der Waals surface area contributed by atoms with E-state index in [9.17, 15) is 4.79 Å². The Morgan fingerprint density at radius 3 is 2.64 bits per heavy atom. The van der Waals surface area contributed by atoms with Gasteiger partial charge < -0.3 is 5.11 Å². The lowest BCUT2D eigenvalue weighted by atomic mass is 10.2. The minimum atomic E-state index is -0.829. The molecule has 0 spiro atoms. The zero-order chi connectivity index (χ0) is 11.2. The molecule has 0 aliphatic heterocycles. The summed E-state index contributed by atoms with van der Waals surface area (Å²) in [5.74, 6) is -0.368. The molecule has 0 aromatic rings. The van der Waals surface area contributed by atoms with Gasteiger partial charge in [-0.2, -0.15) is 5.26 Å². The van der Waals surface area contributed by atoms with Crippen molar-refractivity contribution < 1.29 is 9.90 Å². The van der Waals surface area contributed by atoms with Crippen LogP contribution in [0.15, 0.2) is 0 Å². The minimum Gasteiger partial charge on any atom is -0.481 e. The molecule has 0 aliphatic carbocycles. The summed E-state index contributed by atoms with van der Waals surface area (Å²) in [4.78, 5) is 10.2. The number of thiocarbonyl (C=S) groups is 1. The summed E-state index contributed by atoms with van der Waals surface area (Å²) in [5, 5.41) is 17.1. The van der Waals surface area contributed by atoms with E-state index in [0.29, 0.717) is 9.28 Å². The van der Waals surface area contributed by atoms with Crippen molar-refractivity contribution in [2.75, 3.05) is 5.75 Å². The smallest absolute Gasteiger partial charge is 0.304 e. The molecule has 78 valence electrons. The second-order valence-electron chi connectivity index (χ2n) is 2.97. The quantitative estimate of drug-likeness (QED) is 0.772. The fourth-order valence-electron chi connectivity index (χ4n) is 0.482. The Morgan fingerprint density at radius 1 is 1.64 bits per heavy atom. The molecule has 3 nitrogen and oxygen atoms in total. The van der Waals surface area contributed by atoms with Crippen LogP contribution in [0.4, 0.5) is 0 Å². The predicted molar refractivity (Wildman–Crippen MR) is 64.6 cm³/mol. The van der Waals surface area contributed by atoms with Crippen LogP contribution in [0.5, 0.6) is 0 Å². The topological polar surface area (TPSA) is 61.1 Å². The van der Waals surface area contributed by atoms with Gasteiger partial charge in [0.25, 0.3) is 0 Å². The number of hydrogen-bond acceptors (Lipinski definition) is 5. The van der Waals surface area contributed by atoms with Crippen LogP contribution in [0.3, 0.4) is 0 Å². The third-order valence-corrected chi connectivity index (χ3v) is 3.76. The van der Waals surface area contributed by atoms with E-state index in [1.165, 1.54) is 23.5 Å². The Balaban J connectivity index is 3.78. The number of rotatable bonds is 4. The molecule has 0 aromatic heterocycles. The van der Waals surface area contributed by atoms with Crippen molar-refractivity contribution in [1.82, 2.24) is 0 Å². The number of carbonyl (C=O) groups is 1. The Bertz CT molecular complexity index is 270. The second kappa shape index (κ2) is 6.27.